The predicted octanol–water partition coefficient (Wildman–Crippen LogP) is 0.830. The standard InChI is InChI=1S/C13H19N3O3/c1-7-5-16(6-10(7)13(18)19)12(17)11-8(2)14-15(4)9(11)3/h7,10H,5-6H2,1-4H3,(H,18,19). The third kappa shape index (κ3) is 2.22. The van der Waals surface area contributed by atoms with Crippen molar-refractivity contribution in [2.75, 3.05) is 13.1 Å². The Bertz CT molecular complexity index is 535. The van der Waals surface area contributed by atoms with E-state index in [1.807, 2.05) is 13.8 Å². The molecule has 1 aliphatic heterocycles. The molecule has 2 rings (SSSR count). The Morgan fingerprint density at radius 2 is 1.95 bits per heavy atom. The van der Waals surface area contributed by atoms with Gasteiger partial charge in [0.2, 0.25) is 0 Å². The van der Waals surface area contributed by atoms with Gasteiger partial charge in [0, 0.05) is 25.8 Å². The van der Waals surface area contributed by atoms with E-state index in [4.69, 9.17) is 5.11 Å². The lowest BCUT2D eigenvalue weighted by molar-refractivity contribution is -0.142. The number of carbonyl (C=O) groups excluding carboxylic acids is 1. The largest absolute Gasteiger partial charge is 0.481 e. The molecule has 0 bridgehead atoms. The molecule has 19 heavy (non-hydrogen) atoms. The van der Waals surface area contributed by atoms with Crippen LogP contribution in [0.4, 0.5) is 0 Å². The van der Waals surface area contributed by atoms with Crippen LogP contribution < -0.4 is 0 Å². The van der Waals surface area contributed by atoms with Gasteiger partial charge >= 0.3 is 5.97 Å². The van der Waals surface area contributed by atoms with E-state index in [0.717, 1.165) is 5.69 Å². The minimum absolute atomic E-state index is 0.0151. The fraction of sp³-hybridized carbons (Fsp3) is 0.615. The van der Waals surface area contributed by atoms with E-state index in [2.05, 4.69) is 5.10 Å². The highest BCUT2D eigenvalue weighted by molar-refractivity contribution is 5.97. The van der Waals surface area contributed by atoms with Crippen LogP contribution in [-0.2, 0) is 11.8 Å². The molecule has 2 unspecified atom stereocenters. The first-order valence-electron chi connectivity index (χ1n) is 6.35. The molecular formula is C13H19N3O3. The average Bonchev–Trinajstić information content (AvgIpc) is 2.81. The summed E-state index contributed by atoms with van der Waals surface area (Å²) in [6, 6.07) is 0. The second kappa shape index (κ2) is 4.68. The van der Waals surface area contributed by atoms with Crippen molar-refractivity contribution in [2.24, 2.45) is 18.9 Å². The van der Waals surface area contributed by atoms with Crippen LogP contribution in [0.25, 0.3) is 0 Å². The molecule has 1 N–H and O–H groups in total. The van der Waals surface area contributed by atoms with E-state index in [1.165, 1.54) is 0 Å². The molecule has 1 fully saturated rings. The fourth-order valence-corrected chi connectivity index (χ4v) is 2.70. The fourth-order valence-electron chi connectivity index (χ4n) is 2.70. The average molecular weight is 265 g/mol. The lowest BCUT2D eigenvalue weighted by Gasteiger charge is -2.16. The topological polar surface area (TPSA) is 75.4 Å². The number of aliphatic carboxylic acids is 1. The summed E-state index contributed by atoms with van der Waals surface area (Å²) < 4.78 is 1.68. The van der Waals surface area contributed by atoms with Gasteiger partial charge in [0.25, 0.3) is 5.91 Å². The lowest BCUT2D eigenvalue weighted by atomic mass is 9.99. The van der Waals surface area contributed by atoms with Crippen molar-refractivity contribution in [1.82, 2.24) is 14.7 Å². The van der Waals surface area contributed by atoms with Crippen LogP contribution in [0.2, 0.25) is 0 Å². The van der Waals surface area contributed by atoms with E-state index in [-0.39, 0.29) is 18.4 Å². The first kappa shape index (κ1) is 13.6. The van der Waals surface area contributed by atoms with Crippen LogP contribution in [0.15, 0.2) is 0 Å². The molecule has 0 aliphatic carbocycles. The molecule has 1 aromatic rings. The summed E-state index contributed by atoms with van der Waals surface area (Å²) in [4.78, 5) is 25.2. The number of hydrogen-bond acceptors (Lipinski definition) is 3. The van der Waals surface area contributed by atoms with E-state index in [0.29, 0.717) is 17.8 Å². The van der Waals surface area contributed by atoms with Crippen molar-refractivity contribution in [3.8, 4) is 0 Å². The Kier molecular flexibility index (Phi) is 3.34. The van der Waals surface area contributed by atoms with Crippen molar-refractivity contribution >= 4 is 11.9 Å². The van der Waals surface area contributed by atoms with E-state index >= 15 is 0 Å². The van der Waals surface area contributed by atoms with Crippen LogP contribution in [0.3, 0.4) is 0 Å². The van der Waals surface area contributed by atoms with Crippen LogP contribution in [-0.4, -0.2) is 44.8 Å². The van der Waals surface area contributed by atoms with Gasteiger partial charge in [0.15, 0.2) is 0 Å². The van der Waals surface area contributed by atoms with Gasteiger partial charge in [-0.2, -0.15) is 5.10 Å². The number of aryl methyl sites for hydroxylation is 2. The first-order chi connectivity index (χ1) is 8.82. The summed E-state index contributed by atoms with van der Waals surface area (Å²) >= 11 is 0. The maximum Gasteiger partial charge on any atom is 0.308 e. The van der Waals surface area contributed by atoms with Gasteiger partial charge in [-0.05, 0) is 19.8 Å². The predicted molar refractivity (Wildman–Crippen MR) is 68.9 cm³/mol. The summed E-state index contributed by atoms with van der Waals surface area (Å²) in [5.74, 6) is -1.43. The maximum atomic E-state index is 12.5. The maximum absolute atomic E-state index is 12.5. The van der Waals surface area contributed by atoms with Crippen LogP contribution in [0.1, 0.15) is 28.7 Å². The molecule has 1 saturated heterocycles. The minimum Gasteiger partial charge on any atom is -0.481 e. The molecule has 0 radical (unpaired) electrons. The second-order valence-electron chi connectivity index (χ2n) is 5.30. The highest BCUT2D eigenvalue weighted by atomic mass is 16.4. The molecule has 0 spiro atoms. The summed E-state index contributed by atoms with van der Waals surface area (Å²) in [6.45, 7) is 6.29. The Balaban J connectivity index is 2.24. The van der Waals surface area contributed by atoms with E-state index in [1.54, 1.807) is 23.6 Å². The Morgan fingerprint density at radius 1 is 1.32 bits per heavy atom. The number of nitrogens with zero attached hydrogens (tertiary/aromatic N) is 3. The van der Waals surface area contributed by atoms with Crippen molar-refractivity contribution in [3.05, 3.63) is 17.0 Å². The zero-order valence-electron chi connectivity index (χ0n) is 11.7. The van der Waals surface area contributed by atoms with Crippen molar-refractivity contribution in [1.29, 1.82) is 0 Å². The molecule has 0 aromatic carbocycles. The van der Waals surface area contributed by atoms with Crippen LogP contribution in [0.5, 0.6) is 0 Å². The number of carbonyl (C=O) groups is 2. The van der Waals surface area contributed by atoms with Gasteiger partial charge in [-0.3, -0.25) is 14.3 Å². The normalized spacial score (nSPS) is 22.8. The van der Waals surface area contributed by atoms with E-state index in [9.17, 15) is 9.59 Å². The van der Waals surface area contributed by atoms with Crippen molar-refractivity contribution in [2.45, 2.75) is 20.8 Å². The summed E-state index contributed by atoms with van der Waals surface area (Å²) in [6.07, 6.45) is 0. The highest BCUT2D eigenvalue weighted by Gasteiger charge is 2.38. The smallest absolute Gasteiger partial charge is 0.308 e. The van der Waals surface area contributed by atoms with Gasteiger partial charge in [0.05, 0.1) is 17.2 Å². The number of amides is 1. The number of carboxylic acids is 1. The third-order valence-corrected chi connectivity index (χ3v) is 3.94. The van der Waals surface area contributed by atoms with Crippen molar-refractivity contribution in [3.63, 3.8) is 0 Å². The molecule has 6 nitrogen and oxygen atoms in total. The highest BCUT2D eigenvalue weighted by Crippen LogP contribution is 2.26. The first-order valence-corrected chi connectivity index (χ1v) is 6.35. The number of hydrogen-bond donors (Lipinski definition) is 1. The van der Waals surface area contributed by atoms with Gasteiger partial charge in [-0.25, -0.2) is 0 Å². The number of carboxylic acid groups (broad SMARTS) is 1. The SMILES string of the molecule is Cc1nn(C)c(C)c1C(=O)N1CC(C)C(C(=O)O)C1. The van der Waals surface area contributed by atoms with Crippen molar-refractivity contribution < 1.29 is 14.7 Å². The molecule has 0 saturated carbocycles. The van der Waals surface area contributed by atoms with Gasteiger partial charge in [0.1, 0.15) is 0 Å². The third-order valence-electron chi connectivity index (χ3n) is 3.94. The molecule has 2 heterocycles. The Hall–Kier alpha value is -1.85. The molecule has 104 valence electrons. The lowest BCUT2D eigenvalue weighted by Crippen LogP contribution is -2.30. The van der Waals surface area contributed by atoms with Gasteiger partial charge in [-0.1, -0.05) is 6.92 Å². The van der Waals surface area contributed by atoms with Crippen LogP contribution >= 0.6 is 0 Å². The zero-order valence-corrected chi connectivity index (χ0v) is 11.7. The zero-order chi connectivity index (χ0) is 14.3. The molecule has 1 aromatic heterocycles. The summed E-state index contributed by atoms with van der Waals surface area (Å²) in [7, 11) is 1.80. The van der Waals surface area contributed by atoms with Gasteiger partial charge in [-0.15, -0.1) is 0 Å². The molecule has 2 atom stereocenters. The number of aromatic nitrogens is 2. The minimum atomic E-state index is -0.831. The molecular weight excluding hydrogens is 246 g/mol. The number of likely N-dealkylation sites (tertiary alicyclic amines) is 1. The quantitative estimate of drug-likeness (QED) is 0.859. The Labute approximate surface area is 112 Å². The van der Waals surface area contributed by atoms with E-state index < -0.39 is 11.9 Å². The summed E-state index contributed by atoms with van der Waals surface area (Å²) in [5.41, 5.74) is 2.10. The Morgan fingerprint density at radius 3 is 2.37 bits per heavy atom. The molecule has 6 heteroatoms. The molecule has 1 aliphatic rings. The molecule has 1 amide bonds. The second-order valence-corrected chi connectivity index (χ2v) is 5.30. The van der Waals surface area contributed by atoms with Gasteiger partial charge < -0.3 is 10.0 Å². The summed E-state index contributed by atoms with van der Waals surface area (Å²) in [5, 5.41) is 13.3. The number of rotatable bonds is 2. The van der Waals surface area contributed by atoms with Crippen LogP contribution in [0, 0.1) is 25.7 Å². The monoisotopic (exact) mass is 265 g/mol.